The van der Waals surface area contributed by atoms with Crippen molar-refractivity contribution < 1.29 is 4.79 Å². The molecule has 1 amide bonds. The molecule has 4 nitrogen and oxygen atoms in total. The molecule has 172 valence electrons. The van der Waals surface area contributed by atoms with E-state index in [9.17, 15) is 4.79 Å². The molecule has 3 aromatic rings. The number of carbonyl (C=O) groups is 1. The first kappa shape index (κ1) is 23.1. The van der Waals surface area contributed by atoms with Gasteiger partial charge in [-0.15, -0.1) is 0 Å². The third-order valence-corrected chi connectivity index (χ3v) is 8.59. The van der Waals surface area contributed by atoms with Gasteiger partial charge in [0.05, 0.1) is 16.8 Å². The van der Waals surface area contributed by atoms with Crippen molar-refractivity contribution in [2.45, 2.75) is 24.3 Å². The minimum Gasteiger partial charge on any atom is -0.337 e. The Bertz CT molecular complexity index is 1280. The molecule has 34 heavy (non-hydrogen) atoms. The van der Waals surface area contributed by atoms with Crippen molar-refractivity contribution >= 4 is 51.9 Å². The lowest BCUT2D eigenvalue weighted by Gasteiger charge is -2.18. The van der Waals surface area contributed by atoms with Crippen molar-refractivity contribution in [1.82, 2.24) is 4.90 Å². The highest BCUT2D eigenvalue weighted by Gasteiger charge is 2.39. The summed E-state index contributed by atoms with van der Waals surface area (Å²) in [6, 6.07) is 26.2. The van der Waals surface area contributed by atoms with Gasteiger partial charge in [-0.1, -0.05) is 84.0 Å². The smallest absolute Gasteiger partial charge is 0.269 e. The predicted molar refractivity (Wildman–Crippen MR) is 144 cm³/mol. The van der Waals surface area contributed by atoms with Crippen LogP contribution in [-0.2, 0) is 11.2 Å². The monoisotopic (exact) mass is 505 g/mol. The zero-order chi connectivity index (χ0) is 23.7. The van der Waals surface area contributed by atoms with Crippen molar-refractivity contribution in [2.75, 3.05) is 18.5 Å². The lowest BCUT2D eigenvalue weighted by molar-refractivity contribution is -0.122. The molecule has 0 aromatic heterocycles. The maximum Gasteiger partial charge on any atom is 0.269 e. The molecule has 3 aromatic carbocycles. The number of carbonyl (C=O) groups excluding carboxylic acids is 1. The number of fused-ring (bicyclic) bond motifs is 1. The molecule has 1 atom stereocenters. The Kier molecular flexibility index (Phi) is 6.73. The molecular formula is C27H24ClN3OS2. The second-order valence-corrected chi connectivity index (χ2v) is 10.6. The van der Waals surface area contributed by atoms with E-state index in [1.807, 2.05) is 66.5 Å². The number of hydrogen-bond donors (Lipinski definition) is 0. The van der Waals surface area contributed by atoms with Gasteiger partial charge in [0.1, 0.15) is 4.91 Å². The van der Waals surface area contributed by atoms with Gasteiger partial charge in [-0.05, 0) is 54.4 Å². The number of aliphatic imine (C=N–C) groups is 1. The minimum atomic E-state index is -0.0509. The Morgan fingerprint density at radius 1 is 0.971 bits per heavy atom. The number of amidine groups is 1. The van der Waals surface area contributed by atoms with Gasteiger partial charge in [0, 0.05) is 23.5 Å². The molecule has 1 unspecified atom stereocenters. The molecule has 2 aliphatic rings. The van der Waals surface area contributed by atoms with E-state index in [4.69, 9.17) is 16.6 Å². The molecule has 2 aliphatic heterocycles. The topological polar surface area (TPSA) is 35.9 Å². The third kappa shape index (κ3) is 4.63. The number of amides is 1. The van der Waals surface area contributed by atoms with Gasteiger partial charge >= 0.3 is 0 Å². The fourth-order valence-corrected chi connectivity index (χ4v) is 6.58. The number of anilines is 1. The van der Waals surface area contributed by atoms with Crippen LogP contribution in [0.25, 0.3) is 0 Å². The summed E-state index contributed by atoms with van der Waals surface area (Å²) < 4.78 is 0. The summed E-state index contributed by atoms with van der Waals surface area (Å²) >= 11 is 9.32. The number of benzene rings is 3. The first-order valence-electron chi connectivity index (χ1n) is 11.1. The Balaban J connectivity index is 1.48. The Morgan fingerprint density at radius 2 is 1.68 bits per heavy atom. The molecule has 5 rings (SSSR count). The van der Waals surface area contributed by atoms with Gasteiger partial charge in [-0.3, -0.25) is 14.7 Å². The number of thioether (sulfide) groups is 2. The van der Waals surface area contributed by atoms with E-state index in [1.54, 1.807) is 11.8 Å². The molecule has 0 spiro atoms. The van der Waals surface area contributed by atoms with Crippen molar-refractivity contribution in [1.29, 1.82) is 0 Å². The average Bonchev–Trinajstić information content (AvgIpc) is 3.34. The van der Waals surface area contributed by atoms with Crippen molar-refractivity contribution in [2.24, 2.45) is 4.99 Å². The van der Waals surface area contributed by atoms with E-state index < -0.39 is 0 Å². The SMILES string of the molecule is CC(N=C1S/C(=C2\Sc3ccc(Cl)cc3N2C)C(=O)N1CCc1ccccc1)c1ccccc1. The first-order chi connectivity index (χ1) is 16.5. The second kappa shape index (κ2) is 9.90. The largest absolute Gasteiger partial charge is 0.337 e. The zero-order valence-corrected chi connectivity index (χ0v) is 21.3. The van der Waals surface area contributed by atoms with Crippen LogP contribution in [0.4, 0.5) is 5.69 Å². The van der Waals surface area contributed by atoms with E-state index in [0.29, 0.717) is 16.5 Å². The first-order valence-corrected chi connectivity index (χ1v) is 13.1. The summed E-state index contributed by atoms with van der Waals surface area (Å²) in [6.07, 6.45) is 0.771. The molecular weight excluding hydrogens is 482 g/mol. The van der Waals surface area contributed by atoms with Crippen LogP contribution < -0.4 is 4.90 Å². The van der Waals surface area contributed by atoms with Crippen LogP contribution in [0.3, 0.4) is 0 Å². The molecule has 1 saturated heterocycles. The van der Waals surface area contributed by atoms with Crippen LogP contribution in [0.15, 0.2) is 98.7 Å². The van der Waals surface area contributed by atoms with Gasteiger partial charge in [0.2, 0.25) is 0 Å². The third-order valence-electron chi connectivity index (χ3n) is 5.90. The predicted octanol–water partition coefficient (Wildman–Crippen LogP) is 6.99. The van der Waals surface area contributed by atoms with Crippen LogP contribution in [-0.4, -0.2) is 29.6 Å². The zero-order valence-electron chi connectivity index (χ0n) is 18.9. The molecule has 0 saturated carbocycles. The van der Waals surface area contributed by atoms with Gasteiger partial charge in [0.15, 0.2) is 5.17 Å². The number of hydrogen-bond acceptors (Lipinski definition) is 5. The summed E-state index contributed by atoms with van der Waals surface area (Å²) in [5.41, 5.74) is 3.35. The summed E-state index contributed by atoms with van der Waals surface area (Å²) in [6.45, 7) is 2.66. The summed E-state index contributed by atoms with van der Waals surface area (Å²) in [5, 5.41) is 2.36. The van der Waals surface area contributed by atoms with E-state index in [0.717, 1.165) is 32.8 Å². The Hall–Kier alpha value is -2.67. The highest BCUT2D eigenvalue weighted by molar-refractivity contribution is 8.19. The van der Waals surface area contributed by atoms with E-state index in [2.05, 4.69) is 36.1 Å². The molecule has 7 heteroatoms. The van der Waals surface area contributed by atoms with Crippen LogP contribution in [0.5, 0.6) is 0 Å². The second-order valence-electron chi connectivity index (χ2n) is 8.20. The quantitative estimate of drug-likeness (QED) is 0.350. The Labute approximate surface area is 213 Å². The maximum atomic E-state index is 13.7. The summed E-state index contributed by atoms with van der Waals surface area (Å²) in [4.78, 5) is 24.4. The summed E-state index contributed by atoms with van der Waals surface area (Å²) in [7, 11) is 1.99. The van der Waals surface area contributed by atoms with Crippen molar-refractivity contribution in [3.05, 3.63) is 105 Å². The molecule has 0 aliphatic carbocycles. The Morgan fingerprint density at radius 3 is 2.41 bits per heavy atom. The number of halogens is 1. The van der Waals surface area contributed by atoms with E-state index >= 15 is 0 Å². The standard InChI is InChI=1S/C27H24ClN3OS2/c1-18(20-11-7-4-8-12-20)29-27-31(16-15-19-9-5-3-6-10-19)25(32)24(34-27)26-30(2)22-17-21(28)13-14-23(22)33-26/h3-14,17-18H,15-16H2,1-2H3/b26-24-,29-27?. The maximum absolute atomic E-state index is 13.7. The fraction of sp³-hybridized carbons (Fsp3) is 0.185. The van der Waals surface area contributed by atoms with Crippen molar-refractivity contribution in [3.8, 4) is 0 Å². The molecule has 0 bridgehead atoms. The fourth-order valence-electron chi connectivity index (χ4n) is 4.00. The normalized spacial score (nSPS) is 19.7. The van der Waals surface area contributed by atoms with Crippen LogP contribution >= 0.6 is 35.1 Å². The highest BCUT2D eigenvalue weighted by atomic mass is 35.5. The van der Waals surface area contributed by atoms with Gasteiger partial charge in [-0.2, -0.15) is 0 Å². The highest BCUT2D eigenvalue weighted by Crippen LogP contribution is 2.50. The van der Waals surface area contributed by atoms with Crippen LogP contribution in [0.2, 0.25) is 5.02 Å². The molecule has 0 N–H and O–H groups in total. The number of nitrogens with zero attached hydrogens (tertiary/aromatic N) is 3. The number of rotatable bonds is 5. The van der Waals surface area contributed by atoms with Crippen LogP contribution in [0, 0.1) is 0 Å². The van der Waals surface area contributed by atoms with E-state index in [-0.39, 0.29) is 11.9 Å². The lowest BCUT2D eigenvalue weighted by Crippen LogP contribution is -2.32. The van der Waals surface area contributed by atoms with E-state index in [1.165, 1.54) is 17.3 Å². The lowest BCUT2D eigenvalue weighted by atomic mass is 10.1. The minimum absolute atomic E-state index is 0.00759. The molecule has 1 fully saturated rings. The summed E-state index contributed by atoms with van der Waals surface area (Å²) in [5.74, 6) is 0.00759. The van der Waals surface area contributed by atoms with Gasteiger partial charge in [0.25, 0.3) is 5.91 Å². The van der Waals surface area contributed by atoms with Gasteiger partial charge < -0.3 is 4.90 Å². The molecule has 0 radical (unpaired) electrons. The van der Waals surface area contributed by atoms with Gasteiger partial charge in [-0.25, -0.2) is 0 Å². The van der Waals surface area contributed by atoms with Crippen LogP contribution in [0.1, 0.15) is 24.1 Å². The molecule has 2 heterocycles. The van der Waals surface area contributed by atoms with Crippen molar-refractivity contribution in [3.63, 3.8) is 0 Å². The average molecular weight is 506 g/mol.